The van der Waals surface area contributed by atoms with Crippen LogP contribution in [0.4, 0.5) is 9.18 Å². The molecule has 1 atom stereocenters. The maximum Gasteiger partial charge on any atom is 0.412 e. The van der Waals surface area contributed by atoms with Gasteiger partial charge in [0.25, 0.3) is 5.91 Å². The van der Waals surface area contributed by atoms with E-state index in [0.717, 1.165) is 48.0 Å². The fourth-order valence-electron chi connectivity index (χ4n) is 5.08. The Kier molecular flexibility index (Phi) is 6.61. The van der Waals surface area contributed by atoms with Crippen molar-refractivity contribution >= 4 is 34.2 Å². The monoisotopic (exact) mass is 532 g/mol. The summed E-state index contributed by atoms with van der Waals surface area (Å²) in [5, 5.41) is 4.81. The number of thiazole rings is 1. The van der Waals surface area contributed by atoms with E-state index >= 15 is 0 Å². The van der Waals surface area contributed by atoms with Crippen LogP contribution in [0.2, 0.25) is 0 Å². The van der Waals surface area contributed by atoms with E-state index in [1.807, 2.05) is 36.0 Å². The molecule has 2 amide bonds. The lowest BCUT2D eigenvalue weighted by Gasteiger charge is -2.35. The Bertz CT molecular complexity index is 1510. The van der Waals surface area contributed by atoms with Gasteiger partial charge in [-0.3, -0.25) is 4.79 Å². The summed E-state index contributed by atoms with van der Waals surface area (Å²) in [6, 6.07) is 13.8. The van der Waals surface area contributed by atoms with E-state index < -0.39 is 6.09 Å². The van der Waals surface area contributed by atoms with E-state index in [1.165, 1.54) is 17.4 Å². The molecular weight excluding hydrogens is 503 g/mol. The van der Waals surface area contributed by atoms with E-state index in [1.54, 1.807) is 29.2 Å². The smallest absolute Gasteiger partial charge is 0.410 e. The summed E-state index contributed by atoms with van der Waals surface area (Å²) in [5.74, 6) is 0.245. The number of aryl methyl sites for hydroxylation is 1. The molecule has 2 aliphatic rings. The lowest BCUT2D eigenvalue weighted by atomic mass is 10.0. The van der Waals surface area contributed by atoms with Gasteiger partial charge in [-0.1, -0.05) is 18.2 Å². The molecule has 2 aromatic heterocycles. The topological polar surface area (TPSA) is 76.5 Å². The number of hydrogen-bond donors (Lipinski definition) is 1. The first-order valence-corrected chi connectivity index (χ1v) is 13.9. The van der Waals surface area contributed by atoms with Crippen LogP contribution >= 0.6 is 11.3 Å². The minimum Gasteiger partial charge on any atom is -0.410 e. The average molecular weight is 533 g/mol. The van der Waals surface area contributed by atoms with Crippen LogP contribution in [0.15, 0.2) is 54.7 Å². The highest BCUT2D eigenvalue weighted by atomic mass is 32.1. The van der Waals surface area contributed by atoms with Crippen molar-refractivity contribution in [1.29, 1.82) is 0 Å². The predicted molar refractivity (Wildman–Crippen MR) is 145 cm³/mol. The number of halogens is 1. The molecule has 0 bridgehead atoms. The zero-order valence-corrected chi connectivity index (χ0v) is 22.0. The largest absolute Gasteiger partial charge is 0.412 e. The molecule has 9 heteroatoms. The number of amides is 2. The zero-order valence-electron chi connectivity index (χ0n) is 21.2. The minimum absolute atomic E-state index is 0.196. The Morgan fingerprint density at radius 3 is 2.79 bits per heavy atom. The summed E-state index contributed by atoms with van der Waals surface area (Å²) in [6.45, 7) is 0.836. The van der Waals surface area contributed by atoms with Crippen LogP contribution in [0.3, 0.4) is 0 Å². The van der Waals surface area contributed by atoms with Crippen LogP contribution < -0.4 is 10.1 Å². The first-order chi connectivity index (χ1) is 18.5. The third kappa shape index (κ3) is 4.90. The summed E-state index contributed by atoms with van der Waals surface area (Å²) in [7, 11) is 1.94. The van der Waals surface area contributed by atoms with Gasteiger partial charge in [-0.05, 0) is 61.8 Å². The van der Waals surface area contributed by atoms with Gasteiger partial charge in [0.2, 0.25) is 0 Å². The van der Waals surface area contributed by atoms with E-state index in [0.29, 0.717) is 34.3 Å². The molecular formula is C29H29FN4O3S. The van der Waals surface area contributed by atoms with Crippen molar-refractivity contribution in [2.24, 2.45) is 7.05 Å². The molecule has 1 aliphatic heterocycles. The number of rotatable bonds is 6. The van der Waals surface area contributed by atoms with Crippen LogP contribution in [0.25, 0.3) is 21.3 Å². The molecule has 3 heterocycles. The van der Waals surface area contributed by atoms with E-state index in [2.05, 4.69) is 5.32 Å². The van der Waals surface area contributed by atoms with E-state index in [9.17, 15) is 14.0 Å². The minimum atomic E-state index is -0.562. The van der Waals surface area contributed by atoms with Gasteiger partial charge in [0.05, 0.1) is 15.4 Å². The molecule has 38 heavy (non-hydrogen) atoms. The second kappa shape index (κ2) is 10.2. The number of nitrogens with zero attached hydrogens (tertiary/aromatic N) is 3. The second-order valence-corrected chi connectivity index (χ2v) is 11.1. The number of ether oxygens (including phenoxy) is 1. The summed E-state index contributed by atoms with van der Waals surface area (Å²) in [4.78, 5) is 33.6. The lowest BCUT2D eigenvalue weighted by molar-refractivity contribution is 0.0607. The van der Waals surface area contributed by atoms with Crippen molar-refractivity contribution in [3.63, 3.8) is 0 Å². The van der Waals surface area contributed by atoms with Crippen LogP contribution in [0, 0.1) is 5.82 Å². The highest BCUT2D eigenvalue weighted by molar-refractivity contribution is 7.15. The number of benzene rings is 2. The van der Waals surface area contributed by atoms with Crippen molar-refractivity contribution in [1.82, 2.24) is 19.8 Å². The van der Waals surface area contributed by atoms with Crippen LogP contribution in [-0.4, -0.2) is 45.6 Å². The maximum absolute atomic E-state index is 14.7. The molecule has 2 fully saturated rings. The lowest BCUT2D eigenvalue weighted by Crippen LogP contribution is -2.50. The quantitative estimate of drug-likeness (QED) is 0.326. The van der Waals surface area contributed by atoms with Crippen LogP contribution in [-0.2, 0) is 7.05 Å². The molecule has 7 nitrogen and oxygen atoms in total. The molecule has 196 valence electrons. The van der Waals surface area contributed by atoms with E-state index in [4.69, 9.17) is 9.72 Å². The third-order valence-corrected chi connectivity index (χ3v) is 8.58. The van der Waals surface area contributed by atoms with Crippen molar-refractivity contribution in [2.75, 3.05) is 13.1 Å². The molecule has 1 aliphatic carbocycles. The van der Waals surface area contributed by atoms with Gasteiger partial charge in [-0.2, -0.15) is 0 Å². The Morgan fingerprint density at radius 1 is 1.13 bits per heavy atom. The Hall–Kier alpha value is -3.72. The predicted octanol–water partition coefficient (Wildman–Crippen LogP) is 6.10. The Labute approximate surface area is 224 Å². The van der Waals surface area contributed by atoms with Crippen molar-refractivity contribution in [3.8, 4) is 16.2 Å². The van der Waals surface area contributed by atoms with Gasteiger partial charge >= 0.3 is 6.09 Å². The van der Waals surface area contributed by atoms with Gasteiger partial charge < -0.3 is 19.5 Å². The number of carbonyl (C=O) groups is 2. The summed E-state index contributed by atoms with van der Waals surface area (Å²) >= 11 is 1.42. The molecule has 4 aromatic rings. The number of nitrogens with one attached hydrogen (secondary N) is 1. The average Bonchev–Trinajstić information content (AvgIpc) is 3.59. The number of piperidine rings is 1. The molecule has 0 spiro atoms. The molecule has 0 unspecified atom stereocenters. The normalized spacial score (nSPS) is 17.5. The van der Waals surface area contributed by atoms with Crippen molar-refractivity contribution < 1.29 is 18.7 Å². The molecule has 1 N–H and O–H groups in total. The first kappa shape index (κ1) is 24.6. The van der Waals surface area contributed by atoms with E-state index in [-0.39, 0.29) is 24.3 Å². The number of aromatic nitrogens is 2. The number of fused-ring (bicyclic) bond motifs is 1. The Morgan fingerprint density at radius 2 is 1.97 bits per heavy atom. The molecule has 2 aromatic carbocycles. The molecule has 1 saturated carbocycles. The zero-order chi connectivity index (χ0) is 26.2. The molecule has 1 saturated heterocycles. The molecule has 6 rings (SSSR count). The summed E-state index contributed by atoms with van der Waals surface area (Å²) < 4.78 is 22.2. The molecule has 0 radical (unpaired) electrons. The Balaban J connectivity index is 1.18. The fourth-order valence-corrected chi connectivity index (χ4v) is 6.33. The van der Waals surface area contributed by atoms with Crippen molar-refractivity contribution in [3.05, 3.63) is 71.2 Å². The standard InChI is InChI=1S/C29H29FN4O3S/c1-33-15-13-18-11-12-21(16-24(18)33)37-29(36)31-17-20-6-4-5-14-34(20)28(35)25-26(22-7-2-3-8-23(22)30)38-27(32-25)19-9-10-19/h2-3,7-8,11-13,15-16,19-20H,4-6,9-10,14,17H2,1H3,(H,31,36)/t20-/m0/s1. The van der Waals surface area contributed by atoms with Gasteiger partial charge in [0.1, 0.15) is 17.3 Å². The number of carbonyl (C=O) groups excluding carboxylic acids is 2. The van der Waals surface area contributed by atoms with Gasteiger partial charge in [-0.25, -0.2) is 14.2 Å². The highest BCUT2D eigenvalue weighted by Crippen LogP contribution is 2.45. The van der Waals surface area contributed by atoms with Gasteiger partial charge in [0.15, 0.2) is 0 Å². The van der Waals surface area contributed by atoms with Crippen molar-refractivity contribution in [2.45, 2.75) is 44.1 Å². The third-order valence-electron chi connectivity index (χ3n) is 7.33. The SMILES string of the molecule is Cn1ccc2ccc(OC(=O)NC[C@@H]3CCCCN3C(=O)c3nc(C4CC4)sc3-c3ccccc3F)cc21. The highest BCUT2D eigenvalue weighted by Gasteiger charge is 2.35. The summed E-state index contributed by atoms with van der Waals surface area (Å²) in [6.07, 6.45) is 6.08. The van der Waals surface area contributed by atoms with Crippen LogP contribution in [0.5, 0.6) is 5.75 Å². The number of likely N-dealkylation sites (tertiary alicyclic amines) is 1. The second-order valence-electron chi connectivity index (χ2n) is 10.0. The number of hydrogen-bond acceptors (Lipinski definition) is 5. The first-order valence-electron chi connectivity index (χ1n) is 13.1. The fraction of sp³-hybridized carbons (Fsp3) is 0.345. The van der Waals surface area contributed by atoms with Gasteiger partial charge in [-0.15, -0.1) is 11.3 Å². The van der Waals surface area contributed by atoms with Crippen LogP contribution in [0.1, 0.15) is 53.5 Å². The maximum atomic E-state index is 14.7. The summed E-state index contributed by atoms with van der Waals surface area (Å²) in [5.41, 5.74) is 1.69. The van der Waals surface area contributed by atoms with Gasteiger partial charge in [0, 0.05) is 49.9 Å².